The molecular weight excluding hydrogens is 276 g/mol. The Labute approximate surface area is 121 Å². The number of nitrogens with zero attached hydrogens (tertiary/aromatic N) is 2. The number of aryl methyl sites for hydroxylation is 1. The molecule has 0 saturated carbocycles. The molecular formula is C13H18N4O2S. The summed E-state index contributed by atoms with van der Waals surface area (Å²) < 4.78 is 7.10. The van der Waals surface area contributed by atoms with Crippen molar-refractivity contribution >= 4 is 27.8 Å². The second-order valence-electron chi connectivity index (χ2n) is 4.50. The van der Waals surface area contributed by atoms with E-state index in [1.165, 1.54) is 18.3 Å². The molecule has 2 aromatic heterocycles. The Morgan fingerprint density at radius 3 is 2.80 bits per heavy atom. The van der Waals surface area contributed by atoms with E-state index in [1.54, 1.807) is 7.11 Å². The minimum atomic E-state index is -0.0589. The van der Waals surface area contributed by atoms with Gasteiger partial charge in [0.25, 0.3) is 0 Å². The number of nitrogens with one attached hydrogen (secondary N) is 1. The van der Waals surface area contributed by atoms with E-state index in [-0.39, 0.29) is 5.78 Å². The summed E-state index contributed by atoms with van der Waals surface area (Å²) in [5, 5.41) is 8.21. The Bertz CT molecular complexity index is 645. The van der Waals surface area contributed by atoms with Crippen molar-refractivity contribution in [3.63, 3.8) is 0 Å². The number of thiophene rings is 1. The van der Waals surface area contributed by atoms with E-state index in [0.29, 0.717) is 22.9 Å². The molecule has 20 heavy (non-hydrogen) atoms. The van der Waals surface area contributed by atoms with Crippen LogP contribution in [0.5, 0.6) is 5.75 Å². The van der Waals surface area contributed by atoms with Crippen molar-refractivity contribution in [1.82, 2.24) is 9.78 Å². The van der Waals surface area contributed by atoms with Crippen LogP contribution in [0.2, 0.25) is 0 Å². The van der Waals surface area contributed by atoms with Gasteiger partial charge in [0.1, 0.15) is 5.00 Å². The topological polar surface area (TPSA) is 82.2 Å². The Hall–Kier alpha value is -2.02. The third-order valence-electron chi connectivity index (χ3n) is 3.20. The molecule has 0 fully saturated rings. The summed E-state index contributed by atoms with van der Waals surface area (Å²) >= 11 is 1.31. The number of rotatable bonds is 5. The Morgan fingerprint density at radius 1 is 1.60 bits per heavy atom. The van der Waals surface area contributed by atoms with Crippen LogP contribution in [0.3, 0.4) is 0 Å². The summed E-state index contributed by atoms with van der Waals surface area (Å²) in [6, 6.07) is 0. The normalized spacial score (nSPS) is 10.6. The molecule has 0 saturated heterocycles. The first-order chi connectivity index (χ1) is 9.45. The number of nitrogens with two attached hydrogens (primary N) is 1. The fraction of sp³-hybridized carbons (Fsp3) is 0.385. The summed E-state index contributed by atoms with van der Waals surface area (Å²) in [4.78, 5) is 12.0. The lowest BCUT2D eigenvalue weighted by atomic mass is 10.2. The number of hydrogen-bond acceptors (Lipinski definition) is 6. The van der Waals surface area contributed by atoms with Crippen LogP contribution < -0.4 is 15.8 Å². The molecule has 3 N–H and O–H groups in total. The maximum absolute atomic E-state index is 11.5. The van der Waals surface area contributed by atoms with Gasteiger partial charge in [0.05, 0.1) is 23.9 Å². The Morgan fingerprint density at radius 2 is 2.30 bits per heavy atom. The molecule has 7 heteroatoms. The van der Waals surface area contributed by atoms with E-state index in [4.69, 9.17) is 10.5 Å². The summed E-state index contributed by atoms with van der Waals surface area (Å²) in [5.74, 6) is 0.471. The quantitative estimate of drug-likeness (QED) is 0.826. The van der Waals surface area contributed by atoms with Gasteiger partial charge in [-0.3, -0.25) is 9.48 Å². The van der Waals surface area contributed by atoms with E-state index in [2.05, 4.69) is 10.4 Å². The fourth-order valence-electron chi connectivity index (χ4n) is 1.90. The highest BCUT2D eigenvalue weighted by Crippen LogP contribution is 2.42. The standard InChI is InChI=1S/C13H18N4O2S/c1-7-9(6-16-17(7)3)5-15-13-11(19-4)10(14)12(20-13)8(2)18/h6,15H,5,14H2,1-4H3. The number of aromatic nitrogens is 2. The van der Waals surface area contributed by atoms with E-state index in [0.717, 1.165) is 16.3 Å². The molecule has 0 spiro atoms. The van der Waals surface area contributed by atoms with Crippen LogP contribution in [-0.2, 0) is 13.6 Å². The third kappa shape index (κ3) is 2.49. The Balaban J connectivity index is 2.23. The zero-order chi connectivity index (χ0) is 14.9. The molecule has 2 rings (SSSR count). The molecule has 0 aromatic carbocycles. The predicted octanol–water partition coefficient (Wildman–Crippen LogP) is 2.20. The molecule has 2 heterocycles. The molecule has 0 bridgehead atoms. The van der Waals surface area contributed by atoms with Crippen LogP contribution in [0.25, 0.3) is 0 Å². The highest BCUT2D eigenvalue weighted by molar-refractivity contribution is 7.19. The fourth-order valence-corrected chi connectivity index (χ4v) is 2.88. The molecule has 0 atom stereocenters. The average Bonchev–Trinajstić information content (AvgIpc) is 2.89. The van der Waals surface area contributed by atoms with Crippen molar-refractivity contribution in [2.45, 2.75) is 20.4 Å². The van der Waals surface area contributed by atoms with Gasteiger partial charge in [0.2, 0.25) is 0 Å². The molecule has 0 aliphatic rings. The van der Waals surface area contributed by atoms with Gasteiger partial charge >= 0.3 is 0 Å². The highest BCUT2D eigenvalue weighted by Gasteiger charge is 2.19. The molecule has 0 radical (unpaired) electrons. The molecule has 0 aliphatic heterocycles. The van der Waals surface area contributed by atoms with Gasteiger partial charge in [0, 0.05) is 31.8 Å². The summed E-state index contributed by atoms with van der Waals surface area (Å²) in [7, 11) is 3.44. The van der Waals surface area contributed by atoms with Crippen molar-refractivity contribution in [3.8, 4) is 5.75 Å². The number of ketones is 1. The minimum absolute atomic E-state index is 0.0589. The van der Waals surface area contributed by atoms with Gasteiger partial charge in [-0.25, -0.2) is 0 Å². The summed E-state index contributed by atoms with van der Waals surface area (Å²) in [5.41, 5.74) is 8.50. The maximum atomic E-state index is 11.5. The number of hydrogen-bond donors (Lipinski definition) is 2. The molecule has 108 valence electrons. The second kappa shape index (κ2) is 5.54. The monoisotopic (exact) mass is 294 g/mol. The van der Waals surface area contributed by atoms with E-state index in [9.17, 15) is 4.79 Å². The van der Waals surface area contributed by atoms with Crippen molar-refractivity contribution in [3.05, 3.63) is 22.3 Å². The van der Waals surface area contributed by atoms with E-state index >= 15 is 0 Å². The number of ether oxygens (including phenoxy) is 1. The molecule has 2 aromatic rings. The predicted molar refractivity (Wildman–Crippen MR) is 80.6 cm³/mol. The summed E-state index contributed by atoms with van der Waals surface area (Å²) in [6.07, 6.45) is 1.82. The van der Waals surface area contributed by atoms with Gasteiger partial charge < -0.3 is 15.8 Å². The van der Waals surface area contributed by atoms with Gasteiger partial charge in [-0.1, -0.05) is 0 Å². The zero-order valence-corrected chi connectivity index (χ0v) is 12.8. The lowest BCUT2D eigenvalue weighted by Gasteiger charge is -2.06. The number of nitrogen functional groups attached to an aromatic ring is 1. The molecule has 0 amide bonds. The number of methoxy groups -OCH3 is 1. The van der Waals surface area contributed by atoms with E-state index in [1.807, 2.05) is 24.9 Å². The van der Waals surface area contributed by atoms with Gasteiger partial charge in [0.15, 0.2) is 11.5 Å². The van der Waals surface area contributed by atoms with Crippen LogP contribution in [0.4, 0.5) is 10.7 Å². The first-order valence-corrected chi connectivity index (χ1v) is 6.95. The van der Waals surface area contributed by atoms with Crippen LogP contribution >= 0.6 is 11.3 Å². The maximum Gasteiger partial charge on any atom is 0.176 e. The van der Waals surface area contributed by atoms with Crippen molar-refractivity contribution in [2.75, 3.05) is 18.2 Å². The lowest BCUT2D eigenvalue weighted by molar-refractivity contribution is 0.102. The van der Waals surface area contributed by atoms with Crippen molar-refractivity contribution in [1.29, 1.82) is 0 Å². The van der Waals surface area contributed by atoms with Crippen LogP contribution in [0, 0.1) is 6.92 Å². The van der Waals surface area contributed by atoms with Crippen molar-refractivity contribution < 1.29 is 9.53 Å². The number of anilines is 2. The highest BCUT2D eigenvalue weighted by atomic mass is 32.1. The minimum Gasteiger partial charge on any atom is -0.492 e. The second-order valence-corrected chi connectivity index (χ2v) is 5.52. The average molecular weight is 294 g/mol. The Kier molecular flexibility index (Phi) is 3.99. The molecule has 6 nitrogen and oxygen atoms in total. The lowest BCUT2D eigenvalue weighted by Crippen LogP contribution is -2.01. The van der Waals surface area contributed by atoms with Crippen molar-refractivity contribution in [2.24, 2.45) is 7.05 Å². The smallest absolute Gasteiger partial charge is 0.176 e. The number of carbonyl (C=O) groups is 1. The van der Waals surface area contributed by atoms with Gasteiger partial charge in [-0.15, -0.1) is 11.3 Å². The van der Waals surface area contributed by atoms with Crippen LogP contribution in [-0.4, -0.2) is 22.7 Å². The largest absolute Gasteiger partial charge is 0.492 e. The van der Waals surface area contributed by atoms with Crippen LogP contribution in [0.1, 0.15) is 27.9 Å². The molecule has 0 aliphatic carbocycles. The first-order valence-electron chi connectivity index (χ1n) is 6.14. The molecule has 0 unspecified atom stereocenters. The number of Topliss-reactive ketones (excluding diaryl/α,β-unsaturated/α-hetero) is 1. The summed E-state index contributed by atoms with van der Waals surface area (Å²) in [6.45, 7) is 4.11. The van der Waals surface area contributed by atoms with Gasteiger partial charge in [-0.05, 0) is 6.92 Å². The zero-order valence-electron chi connectivity index (χ0n) is 12.0. The number of carbonyl (C=O) groups excluding carboxylic acids is 1. The van der Waals surface area contributed by atoms with E-state index < -0.39 is 0 Å². The van der Waals surface area contributed by atoms with Crippen LogP contribution in [0.15, 0.2) is 6.20 Å². The first kappa shape index (κ1) is 14.4. The third-order valence-corrected chi connectivity index (χ3v) is 4.45. The SMILES string of the molecule is COc1c(NCc2cnn(C)c2C)sc(C(C)=O)c1N. The van der Waals surface area contributed by atoms with Gasteiger partial charge in [-0.2, -0.15) is 5.10 Å².